The summed E-state index contributed by atoms with van der Waals surface area (Å²) in [5.41, 5.74) is 0.539. The van der Waals surface area contributed by atoms with Gasteiger partial charge < -0.3 is 9.73 Å². The van der Waals surface area contributed by atoms with Gasteiger partial charge in [-0.2, -0.15) is 0 Å². The third-order valence-electron chi connectivity index (χ3n) is 2.75. The van der Waals surface area contributed by atoms with Gasteiger partial charge in [-0.25, -0.2) is 8.42 Å². The molecule has 21 heavy (non-hydrogen) atoms. The number of rotatable bonds is 4. The van der Waals surface area contributed by atoms with Crippen LogP contribution < -0.4 is 5.32 Å². The molecule has 0 spiro atoms. The summed E-state index contributed by atoms with van der Waals surface area (Å²) in [7, 11) is -3.26. The molecule has 1 aromatic heterocycles. The summed E-state index contributed by atoms with van der Waals surface area (Å²) in [5.74, 6) is 0.774. The van der Waals surface area contributed by atoms with Crippen molar-refractivity contribution in [2.45, 2.75) is 37.8 Å². The van der Waals surface area contributed by atoms with Crippen molar-refractivity contribution < 1.29 is 12.8 Å². The van der Waals surface area contributed by atoms with E-state index in [-0.39, 0.29) is 10.4 Å². The first-order valence-corrected chi connectivity index (χ1v) is 8.42. The first-order chi connectivity index (χ1) is 9.65. The molecule has 0 unspecified atom stereocenters. The Morgan fingerprint density at radius 3 is 2.57 bits per heavy atom. The van der Waals surface area contributed by atoms with Crippen molar-refractivity contribution in [2.75, 3.05) is 6.26 Å². The van der Waals surface area contributed by atoms with Crippen LogP contribution >= 0.6 is 0 Å². The summed E-state index contributed by atoms with van der Waals surface area (Å²) >= 11 is 0. The normalized spacial score (nSPS) is 12.6. The summed E-state index contributed by atoms with van der Waals surface area (Å²) in [6.07, 6.45) is 1.17. The first kappa shape index (κ1) is 15.7. The van der Waals surface area contributed by atoms with Crippen LogP contribution in [0.25, 0.3) is 11.5 Å². The third kappa shape index (κ3) is 4.37. The van der Waals surface area contributed by atoms with Gasteiger partial charge in [-0.1, -0.05) is 6.07 Å². The molecule has 0 radical (unpaired) electrons. The van der Waals surface area contributed by atoms with Gasteiger partial charge in [-0.05, 0) is 39.0 Å². The molecule has 0 atom stereocenters. The molecule has 0 fully saturated rings. The van der Waals surface area contributed by atoms with Crippen LogP contribution in [0, 0.1) is 0 Å². The molecule has 114 valence electrons. The van der Waals surface area contributed by atoms with Crippen molar-refractivity contribution in [3.05, 3.63) is 30.2 Å². The van der Waals surface area contributed by atoms with Gasteiger partial charge in [0.25, 0.3) is 0 Å². The summed E-state index contributed by atoms with van der Waals surface area (Å²) in [5, 5.41) is 11.2. The molecule has 0 aliphatic rings. The van der Waals surface area contributed by atoms with Crippen molar-refractivity contribution in [1.82, 2.24) is 15.5 Å². The predicted octanol–water partition coefficient (Wildman–Crippen LogP) is 2.03. The van der Waals surface area contributed by atoms with Gasteiger partial charge in [-0.3, -0.25) is 0 Å². The molecule has 0 saturated carbocycles. The van der Waals surface area contributed by atoms with Gasteiger partial charge >= 0.3 is 0 Å². The molecule has 7 heteroatoms. The minimum absolute atomic E-state index is 0.0508. The Balaban J connectivity index is 2.22. The van der Waals surface area contributed by atoms with E-state index in [0.717, 1.165) is 0 Å². The Kier molecular flexibility index (Phi) is 4.15. The van der Waals surface area contributed by atoms with Crippen LogP contribution in [0.3, 0.4) is 0 Å². The molecule has 1 heterocycles. The summed E-state index contributed by atoms with van der Waals surface area (Å²) in [4.78, 5) is 0.229. The number of nitrogens with one attached hydrogen (secondary N) is 1. The molecular weight excluding hydrogens is 290 g/mol. The predicted molar refractivity (Wildman–Crippen MR) is 79.4 cm³/mol. The van der Waals surface area contributed by atoms with Gasteiger partial charge in [0.05, 0.1) is 11.4 Å². The Hall–Kier alpha value is -1.73. The van der Waals surface area contributed by atoms with E-state index in [1.807, 2.05) is 20.8 Å². The highest BCUT2D eigenvalue weighted by Crippen LogP contribution is 2.21. The maximum absolute atomic E-state index is 11.6. The number of benzene rings is 1. The van der Waals surface area contributed by atoms with E-state index in [9.17, 15) is 8.42 Å². The third-order valence-corrected chi connectivity index (χ3v) is 3.86. The van der Waals surface area contributed by atoms with Crippen LogP contribution in [-0.4, -0.2) is 30.4 Å². The molecule has 0 aliphatic carbocycles. The van der Waals surface area contributed by atoms with Crippen molar-refractivity contribution in [3.63, 3.8) is 0 Å². The zero-order valence-corrected chi connectivity index (χ0v) is 13.4. The van der Waals surface area contributed by atoms with Gasteiger partial charge in [0.15, 0.2) is 9.84 Å². The molecular formula is C14H19N3O3S. The summed E-state index contributed by atoms with van der Waals surface area (Å²) in [6.45, 7) is 6.59. The van der Waals surface area contributed by atoms with Crippen LogP contribution in [0.5, 0.6) is 0 Å². The van der Waals surface area contributed by atoms with Gasteiger partial charge in [0.1, 0.15) is 0 Å². The molecule has 2 aromatic rings. The van der Waals surface area contributed by atoms with Gasteiger partial charge in [-0.15, -0.1) is 10.2 Å². The van der Waals surface area contributed by atoms with E-state index in [0.29, 0.717) is 23.9 Å². The van der Waals surface area contributed by atoms with Crippen LogP contribution in [0.1, 0.15) is 26.7 Å². The second-order valence-electron chi connectivity index (χ2n) is 5.90. The number of nitrogens with zero attached hydrogens (tertiary/aromatic N) is 2. The largest absolute Gasteiger partial charge is 0.419 e. The fourth-order valence-corrected chi connectivity index (χ4v) is 2.31. The van der Waals surface area contributed by atoms with Crippen LogP contribution in [0.15, 0.2) is 33.6 Å². The average molecular weight is 309 g/mol. The van der Waals surface area contributed by atoms with Crippen LogP contribution in [-0.2, 0) is 16.4 Å². The SMILES string of the molecule is CC(C)(C)NCc1nnc(-c2cccc(S(C)(=O)=O)c2)o1. The zero-order chi connectivity index (χ0) is 15.7. The number of aromatic nitrogens is 2. The van der Waals surface area contributed by atoms with E-state index >= 15 is 0 Å². The molecule has 2 rings (SSSR count). The maximum atomic E-state index is 11.6. The molecule has 6 nitrogen and oxygen atoms in total. The fraction of sp³-hybridized carbons (Fsp3) is 0.429. The quantitative estimate of drug-likeness (QED) is 0.930. The minimum atomic E-state index is -3.26. The first-order valence-electron chi connectivity index (χ1n) is 6.53. The fourth-order valence-electron chi connectivity index (χ4n) is 1.64. The minimum Gasteiger partial charge on any atom is -0.419 e. The topological polar surface area (TPSA) is 85.1 Å². The Morgan fingerprint density at radius 1 is 1.24 bits per heavy atom. The van der Waals surface area contributed by atoms with E-state index < -0.39 is 9.84 Å². The highest BCUT2D eigenvalue weighted by molar-refractivity contribution is 7.90. The molecule has 1 aromatic carbocycles. The second kappa shape index (κ2) is 5.57. The lowest BCUT2D eigenvalue weighted by atomic mass is 10.1. The molecule has 0 aliphatic heterocycles. The highest BCUT2D eigenvalue weighted by Gasteiger charge is 2.14. The van der Waals surface area contributed by atoms with E-state index in [1.54, 1.807) is 12.1 Å². The van der Waals surface area contributed by atoms with Crippen molar-refractivity contribution >= 4 is 9.84 Å². The van der Waals surface area contributed by atoms with E-state index in [4.69, 9.17) is 4.42 Å². The lowest BCUT2D eigenvalue weighted by Crippen LogP contribution is -2.35. The summed E-state index contributed by atoms with van der Waals surface area (Å²) < 4.78 is 28.7. The van der Waals surface area contributed by atoms with Crippen LogP contribution in [0.2, 0.25) is 0 Å². The lowest BCUT2D eigenvalue weighted by Gasteiger charge is -2.18. The smallest absolute Gasteiger partial charge is 0.247 e. The Labute approximate surface area is 124 Å². The zero-order valence-electron chi connectivity index (χ0n) is 12.5. The monoisotopic (exact) mass is 309 g/mol. The lowest BCUT2D eigenvalue weighted by molar-refractivity contribution is 0.383. The molecule has 1 N–H and O–H groups in total. The van der Waals surface area contributed by atoms with E-state index in [2.05, 4.69) is 15.5 Å². The molecule has 0 saturated heterocycles. The maximum Gasteiger partial charge on any atom is 0.247 e. The molecule has 0 bridgehead atoms. The molecule has 0 amide bonds. The number of sulfone groups is 1. The summed E-state index contributed by atoms with van der Waals surface area (Å²) in [6, 6.07) is 6.47. The van der Waals surface area contributed by atoms with Crippen molar-refractivity contribution in [2.24, 2.45) is 0 Å². The Bertz CT molecular complexity index is 730. The van der Waals surface area contributed by atoms with E-state index in [1.165, 1.54) is 18.4 Å². The van der Waals surface area contributed by atoms with Crippen molar-refractivity contribution in [3.8, 4) is 11.5 Å². The Morgan fingerprint density at radius 2 is 1.95 bits per heavy atom. The highest BCUT2D eigenvalue weighted by atomic mass is 32.2. The number of hydrogen-bond donors (Lipinski definition) is 1. The van der Waals surface area contributed by atoms with Crippen LogP contribution in [0.4, 0.5) is 0 Å². The van der Waals surface area contributed by atoms with Gasteiger partial charge in [0, 0.05) is 17.4 Å². The second-order valence-corrected chi connectivity index (χ2v) is 7.92. The van der Waals surface area contributed by atoms with Gasteiger partial charge in [0.2, 0.25) is 11.8 Å². The number of hydrogen-bond acceptors (Lipinski definition) is 6. The standard InChI is InChI=1S/C14H19N3O3S/c1-14(2,3)15-9-12-16-17-13(20-12)10-6-5-7-11(8-10)21(4,18)19/h5-8,15H,9H2,1-4H3. The van der Waals surface area contributed by atoms with Crippen molar-refractivity contribution in [1.29, 1.82) is 0 Å². The average Bonchev–Trinajstić information content (AvgIpc) is 2.83.